The van der Waals surface area contributed by atoms with E-state index >= 15 is 0 Å². The van der Waals surface area contributed by atoms with Crippen molar-refractivity contribution in [3.63, 3.8) is 0 Å². The molecule has 1 aliphatic heterocycles. The fourth-order valence-corrected chi connectivity index (χ4v) is 3.24. The molecule has 3 rings (SSSR count). The Balaban J connectivity index is 2.11. The lowest BCUT2D eigenvalue weighted by Gasteiger charge is -2.24. The molecule has 2 aromatic carbocycles. The van der Waals surface area contributed by atoms with Crippen molar-refractivity contribution in [2.24, 2.45) is 0 Å². The summed E-state index contributed by atoms with van der Waals surface area (Å²) in [5.41, 5.74) is -1.23. The minimum atomic E-state index is -2.07. The number of carbonyl (C=O) groups excluding carboxylic acids is 1. The molecule has 5 heteroatoms. The number of benzene rings is 2. The van der Waals surface area contributed by atoms with E-state index in [-0.39, 0.29) is 11.3 Å². The van der Waals surface area contributed by atoms with Crippen LogP contribution in [0.4, 0.5) is 10.1 Å². The fraction of sp³-hybridized carbons (Fsp3) is 0.316. The van der Waals surface area contributed by atoms with E-state index < -0.39 is 17.3 Å². The van der Waals surface area contributed by atoms with Gasteiger partial charge in [0.25, 0.3) is 5.91 Å². The first-order valence-electron chi connectivity index (χ1n) is 8.13. The van der Waals surface area contributed by atoms with Crippen molar-refractivity contribution in [1.29, 1.82) is 0 Å². The van der Waals surface area contributed by atoms with Crippen LogP contribution in [-0.4, -0.2) is 22.7 Å². The number of amides is 1. The van der Waals surface area contributed by atoms with Gasteiger partial charge in [-0.25, -0.2) is 4.39 Å². The van der Waals surface area contributed by atoms with Crippen LogP contribution < -0.4 is 4.90 Å². The summed E-state index contributed by atoms with van der Waals surface area (Å²) in [6, 6.07) is 10.1. The van der Waals surface area contributed by atoms with Gasteiger partial charge in [-0.1, -0.05) is 38.0 Å². The van der Waals surface area contributed by atoms with Crippen LogP contribution in [0.15, 0.2) is 42.5 Å². The number of anilines is 1. The number of rotatable bonds is 5. The molecule has 1 amide bonds. The lowest BCUT2D eigenvalue weighted by atomic mass is 9.87. The summed E-state index contributed by atoms with van der Waals surface area (Å²) in [5.74, 6) is -1.48. The van der Waals surface area contributed by atoms with E-state index in [4.69, 9.17) is 0 Å². The molecule has 0 bridgehead atoms. The average Bonchev–Trinajstić information content (AvgIpc) is 2.80. The number of carbonyl (C=O) groups is 1. The molecular weight excluding hydrogens is 309 g/mol. The predicted octanol–water partition coefficient (Wildman–Crippen LogP) is 3.30. The van der Waals surface area contributed by atoms with Gasteiger partial charge in [0.05, 0.1) is 5.69 Å². The average molecular weight is 329 g/mol. The molecule has 0 aliphatic carbocycles. The van der Waals surface area contributed by atoms with Gasteiger partial charge in [0.2, 0.25) is 5.60 Å². The number of aromatic hydroxyl groups is 1. The first-order chi connectivity index (χ1) is 11.5. The van der Waals surface area contributed by atoms with Gasteiger partial charge < -0.3 is 15.1 Å². The van der Waals surface area contributed by atoms with Gasteiger partial charge in [-0.15, -0.1) is 0 Å². The second-order valence-electron chi connectivity index (χ2n) is 6.05. The largest absolute Gasteiger partial charge is 0.508 e. The summed E-state index contributed by atoms with van der Waals surface area (Å²) in [6.45, 7) is 2.54. The molecular formula is C19H20FNO3. The minimum absolute atomic E-state index is 0.127. The quantitative estimate of drug-likeness (QED) is 0.828. The van der Waals surface area contributed by atoms with Crippen molar-refractivity contribution in [3.8, 4) is 5.75 Å². The molecule has 24 heavy (non-hydrogen) atoms. The number of aliphatic hydroxyl groups is 1. The maximum atomic E-state index is 13.7. The summed E-state index contributed by atoms with van der Waals surface area (Å²) in [4.78, 5) is 14.5. The van der Waals surface area contributed by atoms with Gasteiger partial charge in [0.15, 0.2) is 0 Å². The van der Waals surface area contributed by atoms with Crippen LogP contribution >= 0.6 is 0 Å². The summed E-state index contributed by atoms with van der Waals surface area (Å²) in [6.07, 6.45) is 2.79. The maximum Gasteiger partial charge on any atom is 0.268 e. The second-order valence-corrected chi connectivity index (χ2v) is 6.05. The van der Waals surface area contributed by atoms with Crippen molar-refractivity contribution in [2.45, 2.75) is 31.8 Å². The Morgan fingerprint density at radius 3 is 2.62 bits per heavy atom. The first kappa shape index (κ1) is 16.5. The van der Waals surface area contributed by atoms with Crippen molar-refractivity contribution in [2.75, 3.05) is 11.4 Å². The smallest absolute Gasteiger partial charge is 0.268 e. The van der Waals surface area contributed by atoms with E-state index in [1.165, 1.54) is 4.90 Å². The van der Waals surface area contributed by atoms with E-state index in [1.54, 1.807) is 24.3 Å². The Labute approximate surface area is 140 Å². The van der Waals surface area contributed by atoms with E-state index in [2.05, 4.69) is 6.92 Å². The van der Waals surface area contributed by atoms with E-state index in [9.17, 15) is 19.4 Å². The number of unbranched alkanes of at least 4 members (excludes halogenated alkanes) is 2. The third kappa shape index (κ3) is 2.45. The molecule has 126 valence electrons. The Kier molecular flexibility index (Phi) is 4.28. The molecule has 0 saturated carbocycles. The van der Waals surface area contributed by atoms with Crippen LogP contribution in [0.25, 0.3) is 0 Å². The van der Waals surface area contributed by atoms with E-state index in [0.717, 1.165) is 37.5 Å². The molecule has 2 N–H and O–H groups in total. The molecule has 0 aromatic heterocycles. The molecule has 0 spiro atoms. The molecule has 2 aromatic rings. The van der Waals surface area contributed by atoms with Gasteiger partial charge >= 0.3 is 0 Å². The predicted molar refractivity (Wildman–Crippen MR) is 89.4 cm³/mol. The Hall–Kier alpha value is -2.40. The number of hydrogen-bond donors (Lipinski definition) is 2. The van der Waals surface area contributed by atoms with Crippen LogP contribution in [0.1, 0.15) is 37.3 Å². The Morgan fingerprint density at radius 1 is 1.12 bits per heavy atom. The summed E-state index contributed by atoms with van der Waals surface area (Å²) in [7, 11) is 0. The lowest BCUT2D eigenvalue weighted by Crippen LogP contribution is -2.41. The summed E-state index contributed by atoms with van der Waals surface area (Å²) in [5, 5.41) is 21.3. The van der Waals surface area contributed by atoms with Gasteiger partial charge in [-0.2, -0.15) is 0 Å². The number of hydrogen-bond acceptors (Lipinski definition) is 3. The second kappa shape index (κ2) is 6.24. The van der Waals surface area contributed by atoms with Gasteiger partial charge in [-0.05, 0) is 30.7 Å². The normalized spacial score (nSPS) is 19.6. The van der Waals surface area contributed by atoms with Crippen molar-refractivity contribution < 1.29 is 19.4 Å². The first-order valence-corrected chi connectivity index (χ1v) is 8.13. The molecule has 1 heterocycles. The van der Waals surface area contributed by atoms with Crippen LogP contribution in [0.2, 0.25) is 0 Å². The Morgan fingerprint density at radius 2 is 1.88 bits per heavy atom. The number of phenolic OH excluding ortho intramolecular Hbond substituents is 1. The van der Waals surface area contributed by atoms with E-state index in [1.807, 2.05) is 0 Å². The third-order valence-electron chi connectivity index (χ3n) is 4.47. The molecule has 1 atom stereocenters. The minimum Gasteiger partial charge on any atom is -0.508 e. The molecule has 0 saturated heterocycles. The van der Waals surface area contributed by atoms with Gasteiger partial charge in [-0.3, -0.25) is 4.79 Å². The number of fused-ring (bicyclic) bond motifs is 1. The van der Waals surface area contributed by atoms with E-state index in [0.29, 0.717) is 17.8 Å². The topological polar surface area (TPSA) is 60.8 Å². The zero-order valence-electron chi connectivity index (χ0n) is 13.5. The van der Waals surface area contributed by atoms with Crippen LogP contribution in [0, 0.1) is 5.82 Å². The standard InChI is InChI=1S/C19H20FNO3/c1-2-3-6-11-21-16-8-5-4-7-14(16)19(24,18(21)23)15-12-13(20)9-10-17(15)22/h4-5,7-10,12,22,24H,2-3,6,11H2,1H3. The molecule has 0 radical (unpaired) electrons. The SMILES string of the molecule is CCCCCN1C(=O)C(O)(c2cc(F)ccc2O)c2ccccc21. The van der Waals surface area contributed by atoms with Gasteiger partial charge in [0, 0.05) is 17.7 Å². The number of halogens is 1. The lowest BCUT2D eigenvalue weighted by molar-refractivity contribution is -0.132. The highest BCUT2D eigenvalue weighted by Gasteiger charge is 2.52. The van der Waals surface area contributed by atoms with Crippen molar-refractivity contribution >= 4 is 11.6 Å². The maximum absolute atomic E-state index is 13.7. The number of phenols is 1. The molecule has 4 nitrogen and oxygen atoms in total. The van der Waals surface area contributed by atoms with Crippen LogP contribution in [0.3, 0.4) is 0 Å². The van der Waals surface area contributed by atoms with Gasteiger partial charge in [0.1, 0.15) is 11.6 Å². The molecule has 1 aliphatic rings. The fourth-order valence-electron chi connectivity index (χ4n) is 3.24. The highest BCUT2D eigenvalue weighted by atomic mass is 19.1. The van der Waals surface area contributed by atoms with Crippen LogP contribution in [0.5, 0.6) is 5.75 Å². The van der Waals surface area contributed by atoms with Crippen molar-refractivity contribution in [3.05, 3.63) is 59.4 Å². The monoisotopic (exact) mass is 329 g/mol. The zero-order valence-corrected chi connectivity index (χ0v) is 13.5. The highest BCUT2D eigenvalue weighted by Crippen LogP contribution is 2.46. The van der Waals surface area contributed by atoms with Crippen molar-refractivity contribution in [1.82, 2.24) is 0 Å². The highest BCUT2D eigenvalue weighted by molar-refractivity contribution is 6.09. The van der Waals surface area contributed by atoms with Crippen LogP contribution in [-0.2, 0) is 10.4 Å². The summed E-state index contributed by atoms with van der Waals surface area (Å²) >= 11 is 0. The molecule has 1 unspecified atom stereocenters. The number of nitrogens with zero attached hydrogens (tertiary/aromatic N) is 1. The Bertz CT molecular complexity index is 777. The molecule has 0 fully saturated rings. The summed E-state index contributed by atoms with van der Waals surface area (Å²) < 4.78 is 13.7. The number of para-hydroxylation sites is 1. The third-order valence-corrected chi connectivity index (χ3v) is 4.47. The zero-order chi connectivity index (χ0) is 17.3.